The monoisotopic (exact) mass is 353 g/mol. The molecule has 1 amide bonds. The molecule has 0 aliphatic carbocycles. The third-order valence-corrected chi connectivity index (χ3v) is 5.72. The number of anilines is 1. The number of carbonyl (C=O) groups is 1. The molecule has 7 heteroatoms. The summed E-state index contributed by atoms with van der Waals surface area (Å²) in [6, 6.07) is 7.43. The molecule has 1 aromatic carbocycles. The van der Waals surface area contributed by atoms with Gasteiger partial charge in [-0.05, 0) is 52.0 Å². The van der Waals surface area contributed by atoms with E-state index < -0.39 is 10.0 Å². The Morgan fingerprint density at radius 2 is 1.88 bits per heavy atom. The highest BCUT2D eigenvalue weighted by atomic mass is 32.2. The number of hydrogen-bond donors (Lipinski definition) is 1. The van der Waals surface area contributed by atoms with Gasteiger partial charge in [-0.25, -0.2) is 8.42 Å². The van der Waals surface area contributed by atoms with Crippen LogP contribution < -0.4 is 4.72 Å². The second-order valence-electron chi connectivity index (χ2n) is 6.51. The van der Waals surface area contributed by atoms with Crippen molar-refractivity contribution in [3.05, 3.63) is 29.8 Å². The molecule has 1 aliphatic rings. The average molecular weight is 353 g/mol. The van der Waals surface area contributed by atoms with Crippen molar-refractivity contribution >= 4 is 21.6 Å². The molecule has 1 N–H and O–H groups in total. The van der Waals surface area contributed by atoms with Gasteiger partial charge in [0.05, 0.1) is 5.75 Å². The van der Waals surface area contributed by atoms with Gasteiger partial charge in [0, 0.05) is 43.0 Å². The lowest BCUT2D eigenvalue weighted by atomic mass is 10.1. The number of benzene rings is 1. The summed E-state index contributed by atoms with van der Waals surface area (Å²) in [4.78, 5) is 16.9. The van der Waals surface area contributed by atoms with Crippen LogP contribution in [0.5, 0.6) is 0 Å². The smallest absolute Gasteiger partial charge is 0.253 e. The lowest BCUT2D eigenvalue weighted by Crippen LogP contribution is -2.55. The van der Waals surface area contributed by atoms with Gasteiger partial charge >= 0.3 is 0 Å². The third-order valence-electron chi connectivity index (χ3n) is 4.41. The van der Waals surface area contributed by atoms with E-state index in [4.69, 9.17) is 0 Å². The van der Waals surface area contributed by atoms with E-state index >= 15 is 0 Å². The highest BCUT2D eigenvalue weighted by Crippen LogP contribution is 2.17. The molecule has 1 saturated heterocycles. The van der Waals surface area contributed by atoms with Gasteiger partial charge in [-0.3, -0.25) is 14.4 Å². The maximum Gasteiger partial charge on any atom is 0.253 e. The summed E-state index contributed by atoms with van der Waals surface area (Å²) in [5.41, 5.74) is 1.06. The number of piperazine rings is 1. The van der Waals surface area contributed by atoms with Crippen LogP contribution in [0.4, 0.5) is 5.69 Å². The minimum absolute atomic E-state index is 0.00449. The van der Waals surface area contributed by atoms with Gasteiger partial charge in [0.25, 0.3) is 5.91 Å². The fourth-order valence-corrected chi connectivity index (χ4v) is 3.68. The maximum atomic E-state index is 12.6. The largest absolute Gasteiger partial charge is 0.336 e. The normalized spacial score (nSPS) is 19.5. The average Bonchev–Trinajstić information content (AvgIpc) is 2.54. The summed E-state index contributed by atoms with van der Waals surface area (Å²) < 4.78 is 25.6. The number of rotatable bonds is 5. The molecule has 1 fully saturated rings. The van der Waals surface area contributed by atoms with Crippen LogP contribution in [0.15, 0.2) is 24.3 Å². The Labute approximate surface area is 144 Å². The molecule has 1 aliphatic heterocycles. The van der Waals surface area contributed by atoms with Gasteiger partial charge in [-0.2, -0.15) is 0 Å². The standard InChI is InChI=1S/C17H27N3O3S/c1-5-24(22,23)18-16-8-6-15(7-9-16)17(21)19-10-11-20(13(2)3)14(4)12-19/h6-9,13-14,18H,5,10-12H2,1-4H3/t14-/m0/s1. The lowest BCUT2D eigenvalue weighted by Gasteiger charge is -2.42. The lowest BCUT2D eigenvalue weighted by molar-refractivity contribution is 0.0426. The first kappa shape index (κ1) is 18.7. The Morgan fingerprint density at radius 1 is 1.25 bits per heavy atom. The molecule has 0 spiro atoms. The Balaban J connectivity index is 2.03. The molecule has 134 valence electrons. The van der Waals surface area contributed by atoms with E-state index in [0.717, 1.165) is 6.54 Å². The van der Waals surface area contributed by atoms with Crippen molar-refractivity contribution in [2.75, 3.05) is 30.1 Å². The van der Waals surface area contributed by atoms with E-state index in [0.29, 0.717) is 36.4 Å². The minimum atomic E-state index is -3.30. The van der Waals surface area contributed by atoms with Crippen LogP contribution in [0.2, 0.25) is 0 Å². The third kappa shape index (κ3) is 4.48. The van der Waals surface area contributed by atoms with Crippen LogP contribution >= 0.6 is 0 Å². The van der Waals surface area contributed by atoms with Gasteiger partial charge in [0.1, 0.15) is 0 Å². The molecule has 0 saturated carbocycles. The predicted molar refractivity (Wildman–Crippen MR) is 96.7 cm³/mol. The topological polar surface area (TPSA) is 69.7 Å². The van der Waals surface area contributed by atoms with E-state index in [1.807, 2.05) is 4.90 Å². The first-order valence-corrected chi connectivity index (χ1v) is 10.0. The Morgan fingerprint density at radius 3 is 2.38 bits per heavy atom. The maximum absolute atomic E-state index is 12.6. The fourth-order valence-electron chi connectivity index (χ4n) is 3.04. The molecule has 1 heterocycles. The first-order valence-electron chi connectivity index (χ1n) is 8.39. The number of sulfonamides is 1. The predicted octanol–water partition coefficient (Wildman–Crippen LogP) is 2.00. The summed E-state index contributed by atoms with van der Waals surface area (Å²) in [6.45, 7) is 10.4. The summed E-state index contributed by atoms with van der Waals surface area (Å²) in [6.07, 6.45) is 0. The molecule has 0 unspecified atom stereocenters. The van der Waals surface area contributed by atoms with Crippen LogP contribution in [0.1, 0.15) is 38.1 Å². The highest BCUT2D eigenvalue weighted by Gasteiger charge is 2.28. The number of amides is 1. The summed E-state index contributed by atoms with van der Waals surface area (Å²) in [7, 11) is -3.30. The second-order valence-corrected chi connectivity index (χ2v) is 8.53. The summed E-state index contributed by atoms with van der Waals surface area (Å²) in [5.74, 6) is 0.0151. The van der Waals surface area contributed by atoms with E-state index in [-0.39, 0.29) is 11.7 Å². The van der Waals surface area contributed by atoms with Gasteiger partial charge in [-0.1, -0.05) is 0 Å². The van der Waals surface area contributed by atoms with Crippen molar-refractivity contribution in [1.82, 2.24) is 9.80 Å². The Kier molecular flexibility index (Phi) is 5.87. The van der Waals surface area contributed by atoms with Gasteiger partial charge < -0.3 is 4.90 Å². The molecule has 1 atom stereocenters. The Bertz CT molecular complexity index is 671. The van der Waals surface area contributed by atoms with Crippen molar-refractivity contribution in [2.24, 2.45) is 0 Å². The van der Waals surface area contributed by atoms with Crippen molar-refractivity contribution in [2.45, 2.75) is 39.8 Å². The molecular formula is C17H27N3O3S. The van der Waals surface area contributed by atoms with Crippen molar-refractivity contribution in [1.29, 1.82) is 0 Å². The van der Waals surface area contributed by atoms with Crippen LogP contribution in [-0.2, 0) is 10.0 Å². The SMILES string of the molecule is CCS(=O)(=O)Nc1ccc(C(=O)N2CCN(C(C)C)[C@@H](C)C2)cc1. The van der Waals surface area contributed by atoms with Crippen LogP contribution in [0.3, 0.4) is 0 Å². The van der Waals surface area contributed by atoms with Gasteiger partial charge in [0.15, 0.2) is 0 Å². The number of nitrogens with zero attached hydrogens (tertiary/aromatic N) is 2. The Hall–Kier alpha value is -1.60. The number of nitrogens with one attached hydrogen (secondary N) is 1. The zero-order chi connectivity index (χ0) is 17.9. The van der Waals surface area contributed by atoms with Crippen LogP contribution in [-0.4, -0.2) is 61.6 Å². The van der Waals surface area contributed by atoms with Crippen molar-refractivity contribution < 1.29 is 13.2 Å². The molecule has 1 aromatic rings. The molecule has 0 bridgehead atoms. The molecule has 24 heavy (non-hydrogen) atoms. The van der Waals surface area contributed by atoms with E-state index in [1.165, 1.54) is 0 Å². The zero-order valence-electron chi connectivity index (χ0n) is 14.8. The quantitative estimate of drug-likeness (QED) is 0.879. The van der Waals surface area contributed by atoms with E-state index in [2.05, 4.69) is 30.4 Å². The number of hydrogen-bond acceptors (Lipinski definition) is 4. The number of carbonyl (C=O) groups excluding carboxylic acids is 1. The zero-order valence-corrected chi connectivity index (χ0v) is 15.6. The molecule has 0 aromatic heterocycles. The molecule has 2 rings (SSSR count). The summed E-state index contributed by atoms with van der Waals surface area (Å²) in [5, 5.41) is 0. The highest BCUT2D eigenvalue weighted by molar-refractivity contribution is 7.92. The minimum Gasteiger partial charge on any atom is -0.336 e. The van der Waals surface area contributed by atoms with Crippen LogP contribution in [0.25, 0.3) is 0 Å². The van der Waals surface area contributed by atoms with Gasteiger partial charge in [0.2, 0.25) is 10.0 Å². The van der Waals surface area contributed by atoms with Gasteiger partial charge in [-0.15, -0.1) is 0 Å². The van der Waals surface area contributed by atoms with E-state index in [9.17, 15) is 13.2 Å². The van der Waals surface area contributed by atoms with Crippen molar-refractivity contribution in [3.8, 4) is 0 Å². The van der Waals surface area contributed by atoms with Crippen molar-refractivity contribution in [3.63, 3.8) is 0 Å². The summed E-state index contributed by atoms with van der Waals surface area (Å²) >= 11 is 0. The first-order chi connectivity index (χ1) is 11.2. The fraction of sp³-hybridized carbons (Fsp3) is 0.588. The molecular weight excluding hydrogens is 326 g/mol. The second kappa shape index (κ2) is 7.53. The van der Waals surface area contributed by atoms with Crippen LogP contribution in [0, 0.1) is 0 Å². The van der Waals surface area contributed by atoms with E-state index in [1.54, 1.807) is 31.2 Å². The molecule has 6 nitrogen and oxygen atoms in total. The molecule has 0 radical (unpaired) electrons.